The average Bonchev–Trinajstić information content (AvgIpc) is 3.12. The van der Waals surface area contributed by atoms with Crippen LogP contribution in [0, 0.1) is 0 Å². The number of rotatable bonds is 6. The van der Waals surface area contributed by atoms with Gasteiger partial charge in [0.2, 0.25) is 15.9 Å². The van der Waals surface area contributed by atoms with Crippen LogP contribution >= 0.6 is 22.9 Å². The summed E-state index contributed by atoms with van der Waals surface area (Å²) in [4.78, 5) is 16.3. The first-order valence-corrected chi connectivity index (χ1v) is 12.1. The third-order valence-corrected chi connectivity index (χ3v) is 8.54. The number of benzene rings is 1. The summed E-state index contributed by atoms with van der Waals surface area (Å²) in [5.41, 5.74) is 0.237. The molecule has 0 unspecified atom stereocenters. The second-order valence-corrected chi connectivity index (χ2v) is 11.2. The van der Waals surface area contributed by atoms with E-state index in [4.69, 9.17) is 11.6 Å². The highest BCUT2D eigenvalue weighted by atomic mass is 35.5. The van der Waals surface area contributed by atoms with Crippen LogP contribution in [0.1, 0.15) is 30.2 Å². The van der Waals surface area contributed by atoms with Crippen LogP contribution in [0.15, 0.2) is 42.5 Å². The van der Waals surface area contributed by atoms with Gasteiger partial charge in [-0.3, -0.25) is 4.79 Å². The summed E-state index contributed by atoms with van der Waals surface area (Å²) < 4.78 is 26.8. The van der Waals surface area contributed by atoms with Crippen molar-refractivity contribution < 1.29 is 13.2 Å². The van der Waals surface area contributed by atoms with Crippen molar-refractivity contribution in [3.05, 3.63) is 57.2 Å². The van der Waals surface area contributed by atoms with Gasteiger partial charge in [-0.05, 0) is 37.5 Å². The standard InChI is InChI=1S/C20H25ClN2O3S2/c1-3-28(25,26)23-13-11-20(12-14-23,16-7-5-4-6-8-16)19(24)22(2)15-17-9-10-18(21)27-17/h4-10H,3,11-15H2,1-2H3. The minimum absolute atomic E-state index is 0.0248. The van der Waals surface area contributed by atoms with Crippen LogP contribution in [0.4, 0.5) is 0 Å². The largest absolute Gasteiger partial charge is 0.340 e. The second kappa shape index (κ2) is 8.53. The van der Waals surface area contributed by atoms with Crippen LogP contribution in [-0.2, 0) is 26.8 Å². The number of likely N-dealkylation sites (N-methyl/N-ethyl adjacent to an activating group) is 1. The predicted octanol–water partition coefficient (Wildman–Crippen LogP) is 3.74. The van der Waals surface area contributed by atoms with Crippen LogP contribution in [0.25, 0.3) is 0 Å². The van der Waals surface area contributed by atoms with Crippen molar-refractivity contribution in [2.45, 2.75) is 31.7 Å². The van der Waals surface area contributed by atoms with Gasteiger partial charge in [-0.25, -0.2) is 12.7 Å². The van der Waals surface area contributed by atoms with E-state index in [0.29, 0.717) is 36.8 Å². The molecule has 28 heavy (non-hydrogen) atoms. The molecule has 0 saturated carbocycles. The van der Waals surface area contributed by atoms with Crippen LogP contribution in [0.2, 0.25) is 4.34 Å². The molecule has 0 bridgehead atoms. The van der Waals surface area contributed by atoms with Gasteiger partial charge in [-0.2, -0.15) is 0 Å². The lowest BCUT2D eigenvalue weighted by molar-refractivity contribution is -0.138. The van der Waals surface area contributed by atoms with Crippen LogP contribution in [0.5, 0.6) is 0 Å². The fourth-order valence-corrected chi connectivity index (χ4v) is 6.06. The van der Waals surface area contributed by atoms with Gasteiger partial charge in [0.25, 0.3) is 0 Å². The Morgan fingerprint density at radius 2 is 1.82 bits per heavy atom. The van der Waals surface area contributed by atoms with Crippen LogP contribution in [-0.4, -0.2) is 49.4 Å². The number of halogens is 1. The van der Waals surface area contributed by atoms with E-state index < -0.39 is 15.4 Å². The molecule has 0 N–H and O–H groups in total. The number of hydrogen-bond donors (Lipinski definition) is 0. The van der Waals surface area contributed by atoms with Gasteiger partial charge in [0, 0.05) is 25.0 Å². The minimum Gasteiger partial charge on any atom is -0.340 e. The van der Waals surface area contributed by atoms with Gasteiger partial charge in [-0.1, -0.05) is 41.9 Å². The topological polar surface area (TPSA) is 57.7 Å². The Morgan fingerprint density at radius 1 is 1.18 bits per heavy atom. The maximum Gasteiger partial charge on any atom is 0.233 e. The number of piperidine rings is 1. The zero-order chi connectivity index (χ0) is 20.4. The molecule has 5 nitrogen and oxygen atoms in total. The zero-order valence-electron chi connectivity index (χ0n) is 16.1. The number of carbonyl (C=O) groups excluding carboxylic acids is 1. The number of carbonyl (C=O) groups is 1. The number of sulfonamides is 1. The highest BCUT2D eigenvalue weighted by Crippen LogP contribution is 2.38. The Hall–Kier alpha value is -1.41. The maximum absolute atomic E-state index is 13.6. The number of hydrogen-bond acceptors (Lipinski definition) is 4. The van der Waals surface area contributed by atoms with E-state index >= 15 is 0 Å². The molecule has 1 aromatic carbocycles. The smallest absolute Gasteiger partial charge is 0.233 e. The first-order valence-electron chi connectivity index (χ1n) is 9.31. The van der Waals surface area contributed by atoms with E-state index in [2.05, 4.69) is 0 Å². The van der Waals surface area contributed by atoms with E-state index in [1.54, 1.807) is 18.9 Å². The summed E-state index contributed by atoms with van der Waals surface area (Å²) in [6.07, 6.45) is 0.954. The molecule has 1 amide bonds. The van der Waals surface area contributed by atoms with Crippen molar-refractivity contribution in [3.8, 4) is 0 Å². The SMILES string of the molecule is CCS(=O)(=O)N1CCC(C(=O)N(C)Cc2ccc(Cl)s2)(c2ccccc2)CC1. The average molecular weight is 441 g/mol. The van der Waals surface area contributed by atoms with Gasteiger partial charge < -0.3 is 4.90 Å². The van der Waals surface area contributed by atoms with Crippen molar-refractivity contribution in [1.82, 2.24) is 9.21 Å². The van der Waals surface area contributed by atoms with Crippen molar-refractivity contribution >= 4 is 38.9 Å². The Morgan fingerprint density at radius 3 is 2.36 bits per heavy atom. The van der Waals surface area contributed by atoms with E-state index in [0.717, 1.165) is 10.4 Å². The predicted molar refractivity (Wildman–Crippen MR) is 114 cm³/mol. The molecule has 1 aromatic heterocycles. The Balaban J connectivity index is 1.87. The zero-order valence-corrected chi connectivity index (χ0v) is 18.5. The second-order valence-electron chi connectivity index (χ2n) is 7.11. The molecular weight excluding hydrogens is 416 g/mol. The monoisotopic (exact) mass is 440 g/mol. The summed E-state index contributed by atoms with van der Waals surface area (Å²) in [5.74, 6) is 0.106. The molecule has 1 saturated heterocycles. The minimum atomic E-state index is -3.25. The van der Waals surface area contributed by atoms with Crippen molar-refractivity contribution in [2.24, 2.45) is 0 Å². The Labute approximate surface area is 176 Å². The molecule has 2 aromatic rings. The summed E-state index contributed by atoms with van der Waals surface area (Å²) >= 11 is 7.49. The summed E-state index contributed by atoms with van der Waals surface area (Å²) in [6, 6.07) is 13.5. The molecule has 1 fully saturated rings. The maximum atomic E-state index is 13.6. The first kappa shape index (κ1) is 21.3. The van der Waals surface area contributed by atoms with E-state index in [1.807, 2.05) is 42.5 Å². The van der Waals surface area contributed by atoms with Crippen molar-refractivity contribution in [1.29, 1.82) is 0 Å². The third-order valence-electron chi connectivity index (χ3n) is 5.44. The summed E-state index contributed by atoms with van der Waals surface area (Å²) in [7, 11) is -1.45. The highest BCUT2D eigenvalue weighted by molar-refractivity contribution is 7.89. The molecule has 0 spiro atoms. The molecular formula is C20H25ClN2O3S2. The lowest BCUT2D eigenvalue weighted by Gasteiger charge is -2.42. The molecule has 1 aliphatic heterocycles. The quantitative estimate of drug-likeness (QED) is 0.687. The number of amides is 1. The fourth-order valence-electron chi connectivity index (χ4n) is 3.82. The molecule has 152 valence electrons. The van der Waals surface area contributed by atoms with Crippen LogP contribution in [0.3, 0.4) is 0 Å². The van der Waals surface area contributed by atoms with Gasteiger partial charge in [-0.15, -0.1) is 11.3 Å². The van der Waals surface area contributed by atoms with E-state index in [1.165, 1.54) is 15.6 Å². The summed E-state index contributed by atoms with van der Waals surface area (Å²) in [5, 5.41) is 0. The molecule has 8 heteroatoms. The molecule has 0 aliphatic carbocycles. The first-order chi connectivity index (χ1) is 13.3. The van der Waals surface area contributed by atoms with Crippen LogP contribution < -0.4 is 0 Å². The Bertz CT molecular complexity index is 920. The highest BCUT2D eigenvalue weighted by Gasteiger charge is 2.45. The molecule has 1 aliphatic rings. The van der Waals surface area contributed by atoms with Gasteiger partial charge in [0.05, 0.1) is 22.0 Å². The van der Waals surface area contributed by atoms with E-state index in [-0.39, 0.29) is 11.7 Å². The third kappa shape index (κ3) is 4.27. The summed E-state index contributed by atoms with van der Waals surface area (Å²) in [6.45, 7) is 2.85. The lowest BCUT2D eigenvalue weighted by Crippen LogP contribution is -2.53. The molecule has 0 radical (unpaired) electrons. The lowest BCUT2D eigenvalue weighted by atomic mass is 9.72. The van der Waals surface area contributed by atoms with Crippen molar-refractivity contribution in [3.63, 3.8) is 0 Å². The number of nitrogens with zero attached hydrogens (tertiary/aromatic N) is 2. The molecule has 2 heterocycles. The van der Waals surface area contributed by atoms with Crippen molar-refractivity contribution in [2.75, 3.05) is 25.9 Å². The van der Waals surface area contributed by atoms with E-state index in [9.17, 15) is 13.2 Å². The molecule has 3 rings (SSSR count). The molecule has 0 atom stereocenters. The fraction of sp³-hybridized carbons (Fsp3) is 0.450. The Kier molecular flexibility index (Phi) is 6.49. The normalized spacial score (nSPS) is 17.4. The number of thiophene rings is 1. The van der Waals surface area contributed by atoms with Gasteiger partial charge in [0.15, 0.2) is 0 Å². The van der Waals surface area contributed by atoms with Gasteiger partial charge in [0.1, 0.15) is 0 Å². The van der Waals surface area contributed by atoms with Gasteiger partial charge >= 0.3 is 0 Å².